The molecule has 0 saturated heterocycles. The Balaban J connectivity index is 2.98. The number of hydrogen-bond donors (Lipinski definition) is 2. The molecule has 1 atom stereocenters. The van der Waals surface area contributed by atoms with Gasteiger partial charge in [0.15, 0.2) is 0 Å². The minimum absolute atomic E-state index is 0.202. The van der Waals surface area contributed by atoms with E-state index in [1.165, 1.54) is 12.8 Å². The fourth-order valence-corrected chi connectivity index (χ4v) is 1.78. The molecular weight excluding hydrogens is 233 g/mol. The van der Waals surface area contributed by atoms with Gasteiger partial charge in [-0.25, -0.2) is 0 Å². The number of rotatable bonds is 11. The molecule has 2 N–H and O–H groups in total. The first-order chi connectivity index (χ1) is 7.31. The van der Waals surface area contributed by atoms with Gasteiger partial charge in [-0.1, -0.05) is 12.8 Å². The molecule has 92 valence electrons. The number of aliphatic hydroxyl groups is 1. The lowest BCUT2D eigenvalue weighted by Gasteiger charge is -2.08. The van der Waals surface area contributed by atoms with E-state index < -0.39 is 0 Å². The Morgan fingerprint density at radius 2 is 1.60 bits per heavy atom. The molecule has 2 nitrogen and oxygen atoms in total. The number of hydrogen-bond acceptors (Lipinski definition) is 2. The fraction of sp³-hybridized carbons (Fsp3) is 1.00. The average Bonchev–Trinajstić information content (AvgIpc) is 2.22. The summed E-state index contributed by atoms with van der Waals surface area (Å²) in [5.41, 5.74) is 0. The highest BCUT2D eigenvalue weighted by Crippen LogP contribution is 2.06. The molecule has 0 radical (unpaired) electrons. The number of alkyl halides is 2. The Morgan fingerprint density at radius 1 is 0.867 bits per heavy atom. The molecule has 0 aromatic heterocycles. The van der Waals surface area contributed by atoms with Crippen LogP contribution in [0.15, 0.2) is 0 Å². The third kappa shape index (κ3) is 12.4. The van der Waals surface area contributed by atoms with Gasteiger partial charge in [-0.05, 0) is 38.8 Å². The van der Waals surface area contributed by atoms with Crippen LogP contribution in [-0.2, 0) is 0 Å². The molecule has 0 bridgehead atoms. The standard InChI is InChI=1S/C11H23Cl2NO/c12-7-4-10-14-9-3-1-2-5-11(15)6-8-13/h11,14-15H,1-10H2. The highest BCUT2D eigenvalue weighted by Gasteiger charge is 2.01. The summed E-state index contributed by atoms with van der Waals surface area (Å²) in [7, 11) is 0. The molecule has 0 amide bonds. The maximum Gasteiger partial charge on any atom is 0.0551 e. The monoisotopic (exact) mass is 255 g/mol. The molecule has 0 heterocycles. The van der Waals surface area contributed by atoms with Gasteiger partial charge in [0.05, 0.1) is 6.10 Å². The lowest BCUT2D eigenvalue weighted by Crippen LogP contribution is -2.17. The molecule has 0 rings (SSSR count). The van der Waals surface area contributed by atoms with E-state index in [4.69, 9.17) is 23.2 Å². The second kappa shape index (κ2) is 12.6. The minimum atomic E-state index is -0.202. The van der Waals surface area contributed by atoms with Gasteiger partial charge in [0.2, 0.25) is 0 Å². The molecule has 0 aliphatic rings. The zero-order valence-corrected chi connectivity index (χ0v) is 10.9. The van der Waals surface area contributed by atoms with Gasteiger partial charge in [-0.15, -0.1) is 23.2 Å². The van der Waals surface area contributed by atoms with Crippen molar-refractivity contribution in [3.05, 3.63) is 0 Å². The van der Waals surface area contributed by atoms with Crippen LogP contribution >= 0.6 is 23.2 Å². The molecule has 4 heteroatoms. The van der Waals surface area contributed by atoms with Crippen LogP contribution in [0, 0.1) is 0 Å². The van der Waals surface area contributed by atoms with Crippen molar-refractivity contribution in [2.45, 2.75) is 44.6 Å². The second-order valence-electron chi connectivity index (χ2n) is 3.77. The van der Waals surface area contributed by atoms with Crippen molar-refractivity contribution in [1.82, 2.24) is 5.32 Å². The topological polar surface area (TPSA) is 32.3 Å². The number of nitrogens with one attached hydrogen (secondary N) is 1. The van der Waals surface area contributed by atoms with Gasteiger partial charge in [0, 0.05) is 11.8 Å². The molecule has 0 aliphatic carbocycles. The second-order valence-corrected chi connectivity index (χ2v) is 4.53. The molecule has 0 saturated carbocycles. The van der Waals surface area contributed by atoms with E-state index in [0.717, 1.165) is 44.7 Å². The molecule has 0 fully saturated rings. The molecule has 0 aliphatic heterocycles. The molecule has 0 aromatic carbocycles. The molecule has 1 unspecified atom stereocenters. The van der Waals surface area contributed by atoms with E-state index in [2.05, 4.69) is 5.32 Å². The molecule has 0 aromatic rings. The third-order valence-electron chi connectivity index (χ3n) is 2.32. The van der Waals surface area contributed by atoms with Gasteiger partial charge in [0.1, 0.15) is 0 Å². The Labute approximate surface area is 103 Å². The zero-order valence-electron chi connectivity index (χ0n) is 9.35. The lowest BCUT2D eigenvalue weighted by atomic mass is 10.1. The Kier molecular flexibility index (Phi) is 13.0. The van der Waals surface area contributed by atoms with Gasteiger partial charge < -0.3 is 10.4 Å². The van der Waals surface area contributed by atoms with Crippen LogP contribution in [0.5, 0.6) is 0 Å². The Morgan fingerprint density at radius 3 is 2.27 bits per heavy atom. The highest BCUT2D eigenvalue weighted by molar-refractivity contribution is 6.18. The predicted octanol–water partition coefficient (Wildman–Crippen LogP) is 2.76. The molecule has 0 spiro atoms. The number of halogens is 2. The summed E-state index contributed by atoms with van der Waals surface area (Å²) in [5, 5.41) is 12.7. The first-order valence-electron chi connectivity index (χ1n) is 5.82. The normalized spacial score (nSPS) is 13.0. The third-order valence-corrected chi connectivity index (χ3v) is 2.81. The van der Waals surface area contributed by atoms with Crippen molar-refractivity contribution in [3.63, 3.8) is 0 Å². The average molecular weight is 256 g/mol. The zero-order chi connectivity index (χ0) is 11.4. The highest BCUT2D eigenvalue weighted by atomic mass is 35.5. The summed E-state index contributed by atoms with van der Waals surface area (Å²) in [6, 6.07) is 0. The van der Waals surface area contributed by atoms with Gasteiger partial charge in [-0.3, -0.25) is 0 Å². The van der Waals surface area contributed by atoms with Gasteiger partial charge in [0.25, 0.3) is 0 Å². The van der Waals surface area contributed by atoms with Crippen LogP contribution in [0.25, 0.3) is 0 Å². The summed E-state index contributed by atoms with van der Waals surface area (Å²) in [5.74, 6) is 1.29. The van der Waals surface area contributed by atoms with Crippen LogP contribution in [0.1, 0.15) is 38.5 Å². The van der Waals surface area contributed by atoms with Gasteiger partial charge in [-0.2, -0.15) is 0 Å². The first-order valence-corrected chi connectivity index (χ1v) is 6.89. The summed E-state index contributed by atoms with van der Waals surface area (Å²) >= 11 is 11.1. The van der Waals surface area contributed by atoms with Crippen LogP contribution in [0.2, 0.25) is 0 Å². The van der Waals surface area contributed by atoms with E-state index in [1.54, 1.807) is 0 Å². The predicted molar refractivity (Wildman–Crippen MR) is 68.0 cm³/mol. The summed E-state index contributed by atoms with van der Waals surface area (Å²) in [6.45, 7) is 2.07. The lowest BCUT2D eigenvalue weighted by molar-refractivity contribution is 0.157. The van der Waals surface area contributed by atoms with E-state index in [9.17, 15) is 5.11 Å². The van der Waals surface area contributed by atoms with Crippen LogP contribution in [0.4, 0.5) is 0 Å². The first kappa shape index (κ1) is 15.5. The van der Waals surface area contributed by atoms with Crippen molar-refractivity contribution in [3.8, 4) is 0 Å². The number of unbranched alkanes of at least 4 members (excludes halogenated alkanes) is 2. The summed E-state index contributed by atoms with van der Waals surface area (Å²) < 4.78 is 0. The van der Waals surface area contributed by atoms with Crippen LogP contribution in [0.3, 0.4) is 0 Å². The SMILES string of the molecule is OC(CCCl)CCCCCNCCCCl. The van der Waals surface area contributed by atoms with E-state index in [-0.39, 0.29) is 6.10 Å². The number of aliphatic hydroxyl groups excluding tert-OH is 1. The Hall–Kier alpha value is 0.500. The van der Waals surface area contributed by atoms with Crippen molar-refractivity contribution in [1.29, 1.82) is 0 Å². The van der Waals surface area contributed by atoms with Gasteiger partial charge >= 0.3 is 0 Å². The largest absolute Gasteiger partial charge is 0.393 e. The van der Waals surface area contributed by atoms with Crippen molar-refractivity contribution >= 4 is 23.2 Å². The maximum atomic E-state index is 9.41. The quantitative estimate of drug-likeness (QED) is 0.440. The smallest absolute Gasteiger partial charge is 0.0551 e. The van der Waals surface area contributed by atoms with Crippen LogP contribution < -0.4 is 5.32 Å². The summed E-state index contributed by atoms with van der Waals surface area (Å²) in [6.07, 6.45) is 5.88. The maximum absolute atomic E-state index is 9.41. The Bertz CT molecular complexity index is 125. The van der Waals surface area contributed by atoms with Crippen molar-refractivity contribution in [2.24, 2.45) is 0 Å². The van der Waals surface area contributed by atoms with E-state index in [1.807, 2.05) is 0 Å². The van der Waals surface area contributed by atoms with Crippen LogP contribution in [-0.4, -0.2) is 36.1 Å². The molecular formula is C11H23Cl2NO. The summed E-state index contributed by atoms with van der Waals surface area (Å²) in [4.78, 5) is 0. The van der Waals surface area contributed by atoms with E-state index >= 15 is 0 Å². The fourth-order valence-electron chi connectivity index (χ4n) is 1.39. The minimum Gasteiger partial charge on any atom is -0.393 e. The van der Waals surface area contributed by atoms with Crippen molar-refractivity contribution in [2.75, 3.05) is 24.8 Å². The van der Waals surface area contributed by atoms with Crippen molar-refractivity contribution < 1.29 is 5.11 Å². The van der Waals surface area contributed by atoms with E-state index in [0.29, 0.717) is 5.88 Å². The molecule has 15 heavy (non-hydrogen) atoms.